The summed E-state index contributed by atoms with van der Waals surface area (Å²) in [7, 11) is -18.1. The molecular weight excluding hydrogens is 713 g/mol. The van der Waals surface area contributed by atoms with Crippen LogP contribution in [0.5, 0.6) is 0 Å². The van der Waals surface area contributed by atoms with E-state index < -0.39 is 60.1 Å². The lowest BCUT2D eigenvalue weighted by atomic mass is 10.1. The normalized spacial score (nSPS) is 12.6. The third kappa shape index (κ3) is 10.1. The summed E-state index contributed by atoms with van der Waals surface area (Å²) in [6.07, 6.45) is 5.07. The Morgan fingerprint density at radius 1 is 0.354 bits per heavy atom. The summed E-state index contributed by atoms with van der Waals surface area (Å²) in [5.74, 6) is 0. The predicted molar refractivity (Wildman–Crippen MR) is 181 cm³/mol. The second-order valence-electron chi connectivity index (χ2n) is 9.76. The van der Waals surface area contributed by atoms with Crippen molar-refractivity contribution in [3.8, 4) is 0 Å². The molecule has 20 heteroatoms. The van der Waals surface area contributed by atoms with Crippen LogP contribution in [0.4, 0.5) is 22.7 Å². The van der Waals surface area contributed by atoms with Crippen molar-refractivity contribution < 1.29 is 51.9 Å². The average Bonchev–Trinajstić information content (AvgIpc) is 2.95. The van der Waals surface area contributed by atoms with Crippen LogP contribution in [-0.2, 0) is 40.5 Å². The molecule has 0 unspecified atom stereocenters. The van der Waals surface area contributed by atoms with Gasteiger partial charge in [-0.2, -0.15) is 33.7 Å². The number of benzene rings is 4. The van der Waals surface area contributed by atoms with Crippen LogP contribution in [0.2, 0.25) is 0 Å². The van der Waals surface area contributed by atoms with Gasteiger partial charge < -0.3 is 22.9 Å². The molecule has 4 aromatic rings. The molecule has 0 aliphatic rings. The molecule has 0 atom stereocenters. The first-order valence-electron chi connectivity index (χ1n) is 12.8. The SMILES string of the molecule is Nc1ccc(C=Cc2ccc(N)cc2S(=O)(=O)O)c(S(=O)(=O)O)c1.Nc1ccc(C=Cc2ccc(N)cc2S(=O)(=O)O)c(S(=O)(=O)O)c1. The molecule has 0 heterocycles. The molecular formula is C28H28N4O12S4. The maximum Gasteiger partial charge on any atom is 0.295 e. The first kappa shape index (κ1) is 37.7. The Kier molecular flexibility index (Phi) is 11.1. The highest BCUT2D eigenvalue weighted by Gasteiger charge is 2.18. The van der Waals surface area contributed by atoms with Crippen molar-refractivity contribution in [2.24, 2.45) is 0 Å². The lowest BCUT2D eigenvalue weighted by molar-refractivity contribution is 0.480. The van der Waals surface area contributed by atoms with Crippen LogP contribution in [-0.4, -0.2) is 51.9 Å². The summed E-state index contributed by atoms with van der Waals surface area (Å²) in [5.41, 5.74) is 22.9. The highest BCUT2D eigenvalue weighted by molar-refractivity contribution is 7.86. The summed E-state index contributed by atoms with van der Waals surface area (Å²) in [5, 5.41) is 0. The molecule has 0 fully saturated rings. The molecule has 0 aromatic heterocycles. The van der Waals surface area contributed by atoms with Gasteiger partial charge in [0.1, 0.15) is 19.6 Å². The number of hydrogen-bond acceptors (Lipinski definition) is 12. The van der Waals surface area contributed by atoms with Gasteiger partial charge in [-0.15, -0.1) is 0 Å². The molecule has 48 heavy (non-hydrogen) atoms. The van der Waals surface area contributed by atoms with E-state index in [-0.39, 0.29) is 45.0 Å². The zero-order valence-electron chi connectivity index (χ0n) is 24.2. The van der Waals surface area contributed by atoms with Crippen molar-refractivity contribution in [1.82, 2.24) is 0 Å². The minimum absolute atomic E-state index is 0.0878. The summed E-state index contributed by atoms with van der Waals surface area (Å²) in [4.78, 5) is -1.71. The van der Waals surface area contributed by atoms with E-state index in [1.165, 1.54) is 72.8 Å². The van der Waals surface area contributed by atoms with E-state index in [4.69, 9.17) is 22.9 Å². The molecule has 0 saturated heterocycles. The first-order chi connectivity index (χ1) is 22.0. The van der Waals surface area contributed by atoms with Crippen molar-refractivity contribution in [2.45, 2.75) is 19.6 Å². The van der Waals surface area contributed by atoms with Gasteiger partial charge in [0.25, 0.3) is 40.5 Å². The molecule has 0 aliphatic heterocycles. The topological polar surface area (TPSA) is 322 Å². The number of hydrogen-bond donors (Lipinski definition) is 8. The van der Waals surface area contributed by atoms with E-state index in [0.717, 1.165) is 24.3 Å². The Balaban J connectivity index is 0.000000260. The number of rotatable bonds is 8. The van der Waals surface area contributed by atoms with Crippen LogP contribution >= 0.6 is 0 Å². The lowest BCUT2D eigenvalue weighted by Gasteiger charge is -2.06. The van der Waals surface area contributed by atoms with Crippen LogP contribution in [0.25, 0.3) is 24.3 Å². The van der Waals surface area contributed by atoms with Gasteiger partial charge in [-0.05, 0) is 70.8 Å². The number of nitrogen functional groups attached to an aromatic ring is 4. The highest BCUT2D eigenvalue weighted by Crippen LogP contribution is 2.26. The highest BCUT2D eigenvalue weighted by atomic mass is 32.2. The lowest BCUT2D eigenvalue weighted by Crippen LogP contribution is -2.03. The molecule has 0 aliphatic carbocycles. The van der Waals surface area contributed by atoms with Gasteiger partial charge in [-0.1, -0.05) is 48.6 Å². The largest absolute Gasteiger partial charge is 0.399 e. The average molecular weight is 741 g/mol. The van der Waals surface area contributed by atoms with E-state index in [9.17, 15) is 51.9 Å². The Morgan fingerprint density at radius 2 is 0.521 bits per heavy atom. The monoisotopic (exact) mass is 740 g/mol. The quantitative estimate of drug-likeness (QED) is 0.0731. The molecule has 0 radical (unpaired) electrons. The molecule has 0 saturated carbocycles. The molecule has 0 amide bonds. The molecule has 0 spiro atoms. The minimum Gasteiger partial charge on any atom is -0.399 e. The van der Waals surface area contributed by atoms with Crippen LogP contribution in [0.3, 0.4) is 0 Å². The van der Waals surface area contributed by atoms with E-state index in [0.29, 0.717) is 0 Å². The second kappa shape index (κ2) is 14.1. The molecule has 4 aromatic carbocycles. The smallest absolute Gasteiger partial charge is 0.295 e. The third-order valence-electron chi connectivity index (χ3n) is 6.15. The fourth-order valence-corrected chi connectivity index (χ4v) is 6.88. The van der Waals surface area contributed by atoms with E-state index in [1.807, 2.05) is 0 Å². The summed E-state index contributed by atoms with van der Waals surface area (Å²) in [6.45, 7) is 0. The maximum absolute atomic E-state index is 11.4. The molecule has 16 nitrogen and oxygen atoms in total. The zero-order valence-corrected chi connectivity index (χ0v) is 27.5. The van der Waals surface area contributed by atoms with Gasteiger partial charge in [0.15, 0.2) is 0 Å². The Bertz CT molecular complexity index is 2060. The Morgan fingerprint density at radius 3 is 0.667 bits per heavy atom. The number of nitrogens with two attached hydrogens (primary N) is 4. The molecule has 256 valence electrons. The summed E-state index contributed by atoms with van der Waals surface area (Å²) >= 11 is 0. The van der Waals surface area contributed by atoms with Crippen molar-refractivity contribution >= 4 is 87.5 Å². The van der Waals surface area contributed by atoms with Crippen molar-refractivity contribution in [3.63, 3.8) is 0 Å². The third-order valence-corrected chi connectivity index (χ3v) is 9.78. The van der Waals surface area contributed by atoms with Gasteiger partial charge in [0.05, 0.1) is 0 Å². The standard InChI is InChI=1S/2C14H14N2O6S2/c2*15-11-5-3-9(13(7-11)23(17,18)19)1-2-10-4-6-12(16)8-14(10)24(20,21)22/h2*1-8H,15-16H2,(H,17,18,19)(H,20,21,22). The second-order valence-corrected chi connectivity index (χ2v) is 15.3. The molecule has 4 rings (SSSR count). The van der Waals surface area contributed by atoms with Gasteiger partial charge >= 0.3 is 0 Å². The maximum atomic E-state index is 11.4. The molecule has 0 bridgehead atoms. The number of anilines is 4. The van der Waals surface area contributed by atoms with E-state index in [1.54, 1.807) is 0 Å². The fourth-order valence-electron chi connectivity index (χ4n) is 4.01. The summed E-state index contributed by atoms with van der Waals surface area (Å²) in [6, 6.07) is 15.3. The van der Waals surface area contributed by atoms with Gasteiger partial charge in [-0.25, -0.2) is 0 Å². The van der Waals surface area contributed by atoms with E-state index in [2.05, 4.69) is 0 Å². The summed E-state index contributed by atoms with van der Waals surface area (Å²) < 4.78 is 128. The Hall–Kier alpha value is -4.80. The van der Waals surface area contributed by atoms with Gasteiger partial charge in [0.2, 0.25) is 0 Å². The predicted octanol–water partition coefficient (Wildman–Crippen LogP) is 3.03. The van der Waals surface area contributed by atoms with E-state index >= 15 is 0 Å². The van der Waals surface area contributed by atoms with Gasteiger partial charge in [0, 0.05) is 22.7 Å². The molecule has 12 N–H and O–H groups in total. The van der Waals surface area contributed by atoms with Crippen LogP contribution < -0.4 is 22.9 Å². The van der Waals surface area contributed by atoms with Crippen LogP contribution in [0.1, 0.15) is 22.3 Å². The first-order valence-corrected chi connectivity index (χ1v) is 18.6. The van der Waals surface area contributed by atoms with Crippen LogP contribution in [0.15, 0.2) is 92.4 Å². The fraction of sp³-hybridized carbons (Fsp3) is 0. The minimum atomic E-state index is -4.52. The van der Waals surface area contributed by atoms with Crippen molar-refractivity contribution in [2.75, 3.05) is 22.9 Å². The van der Waals surface area contributed by atoms with Crippen LogP contribution in [0, 0.1) is 0 Å². The van der Waals surface area contributed by atoms with Gasteiger partial charge in [-0.3, -0.25) is 18.2 Å². The van der Waals surface area contributed by atoms with Crippen molar-refractivity contribution in [3.05, 3.63) is 95.1 Å². The zero-order chi connectivity index (χ0) is 36.2. The Labute approximate surface area is 276 Å². The van der Waals surface area contributed by atoms with Crippen molar-refractivity contribution in [1.29, 1.82) is 0 Å².